The van der Waals surface area contributed by atoms with Crippen molar-refractivity contribution in [3.63, 3.8) is 0 Å². The lowest BCUT2D eigenvalue weighted by Crippen LogP contribution is -2.13. The van der Waals surface area contributed by atoms with E-state index in [4.69, 9.17) is 9.97 Å². The highest BCUT2D eigenvalue weighted by molar-refractivity contribution is 5.75. The van der Waals surface area contributed by atoms with Gasteiger partial charge in [0.15, 0.2) is 0 Å². The van der Waals surface area contributed by atoms with Crippen molar-refractivity contribution in [2.75, 3.05) is 4.90 Å². The largest absolute Gasteiger partial charge is 0.282 e. The third-order valence-electron chi connectivity index (χ3n) is 5.12. The maximum absolute atomic E-state index is 14.4. The highest BCUT2D eigenvalue weighted by Gasteiger charge is 2.18. The lowest BCUT2D eigenvalue weighted by Gasteiger charge is -2.24. The van der Waals surface area contributed by atoms with Gasteiger partial charge < -0.3 is 0 Å². The first-order chi connectivity index (χ1) is 16.1. The minimum absolute atomic E-state index is 0.222. The van der Waals surface area contributed by atoms with Gasteiger partial charge in [-0.3, -0.25) is 10.00 Å². The van der Waals surface area contributed by atoms with Gasteiger partial charge >= 0.3 is 0 Å². The summed E-state index contributed by atoms with van der Waals surface area (Å²) in [6.07, 6.45) is 0. The van der Waals surface area contributed by atoms with Crippen molar-refractivity contribution in [3.8, 4) is 22.6 Å². The number of para-hydroxylation sites is 1. The van der Waals surface area contributed by atoms with Crippen LogP contribution in [0.25, 0.3) is 22.6 Å². The first-order valence-electron chi connectivity index (χ1n) is 10.4. The lowest BCUT2D eigenvalue weighted by atomic mass is 10.1. The minimum Gasteiger partial charge on any atom is -0.282 e. The number of nitrogens with one attached hydrogen (secondary N) is 1. The second-order valence-electron chi connectivity index (χ2n) is 7.49. The van der Waals surface area contributed by atoms with Gasteiger partial charge in [-0.25, -0.2) is 18.7 Å². The summed E-state index contributed by atoms with van der Waals surface area (Å²) in [5, 5.41) is 7.24. The molecule has 0 aliphatic carbocycles. The molecule has 162 valence electrons. The van der Waals surface area contributed by atoms with Crippen LogP contribution in [0, 0.1) is 18.6 Å². The van der Waals surface area contributed by atoms with E-state index in [1.807, 2.05) is 72.5 Å². The monoisotopic (exact) mass is 439 g/mol. The zero-order valence-corrected chi connectivity index (χ0v) is 17.7. The Morgan fingerprint density at radius 3 is 2.06 bits per heavy atom. The SMILES string of the molecule is Cc1cc(-c2cccc(N(c3ccccc3)c3cccc(-c4ccc(F)cc4F)n3)n2)n[nH]1. The molecule has 0 radical (unpaired) electrons. The fraction of sp³-hybridized carbons (Fsp3) is 0.0385. The third-order valence-corrected chi connectivity index (χ3v) is 5.12. The van der Waals surface area contributed by atoms with Crippen molar-refractivity contribution in [1.82, 2.24) is 20.2 Å². The van der Waals surface area contributed by atoms with E-state index in [0.29, 0.717) is 23.0 Å². The second-order valence-corrected chi connectivity index (χ2v) is 7.49. The Balaban J connectivity index is 1.63. The van der Waals surface area contributed by atoms with Gasteiger partial charge in [-0.15, -0.1) is 0 Å². The van der Waals surface area contributed by atoms with Crippen molar-refractivity contribution in [1.29, 1.82) is 0 Å². The van der Waals surface area contributed by atoms with Gasteiger partial charge in [-0.1, -0.05) is 30.3 Å². The van der Waals surface area contributed by atoms with E-state index in [0.717, 1.165) is 23.1 Å². The molecule has 0 fully saturated rings. The number of nitrogens with zero attached hydrogens (tertiary/aromatic N) is 4. The Morgan fingerprint density at radius 2 is 1.39 bits per heavy atom. The molecule has 1 N–H and O–H groups in total. The van der Waals surface area contributed by atoms with E-state index in [2.05, 4.69) is 10.2 Å². The summed E-state index contributed by atoms with van der Waals surface area (Å²) in [5.74, 6) is -0.123. The molecule has 0 aliphatic rings. The zero-order chi connectivity index (χ0) is 22.8. The summed E-state index contributed by atoms with van der Waals surface area (Å²) in [5.41, 5.74) is 3.83. The van der Waals surface area contributed by atoms with Gasteiger partial charge in [0.05, 0.1) is 11.4 Å². The van der Waals surface area contributed by atoms with Crippen LogP contribution in [0.2, 0.25) is 0 Å². The molecule has 33 heavy (non-hydrogen) atoms. The summed E-state index contributed by atoms with van der Waals surface area (Å²) in [7, 11) is 0. The molecule has 0 atom stereocenters. The standard InChI is InChI=1S/C26H19F2N5/c1-17-15-24(32-31-17)23-10-6-12-26(30-23)33(19-7-3-2-4-8-19)25-11-5-9-22(29-25)20-14-13-18(27)16-21(20)28/h2-16H,1H3,(H,31,32). The summed E-state index contributed by atoms with van der Waals surface area (Å²) in [6.45, 7) is 1.93. The number of benzene rings is 2. The summed E-state index contributed by atoms with van der Waals surface area (Å²) in [6, 6.07) is 26.0. The van der Waals surface area contributed by atoms with E-state index in [9.17, 15) is 8.78 Å². The van der Waals surface area contributed by atoms with Gasteiger partial charge in [0, 0.05) is 23.0 Å². The molecule has 0 saturated carbocycles. The first kappa shape index (κ1) is 20.5. The van der Waals surface area contributed by atoms with Gasteiger partial charge in [0.25, 0.3) is 0 Å². The Morgan fingerprint density at radius 1 is 0.697 bits per heavy atom. The van der Waals surface area contributed by atoms with Crippen LogP contribution in [0.3, 0.4) is 0 Å². The van der Waals surface area contributed by atoms with Crippen LogP contribution in [0.4, 0.5) is 26.1 Å². The molecule has 0 saturated heterocycles. The predicted molar refractivity (Wildman–Crippen MR) is 124 cm³/mol. The summed E-state index contributed by atoms with van der Waals surface area (Å²) >= 11 is 0. The maximum atomic E-state index is 14.4. The summed E-state index contributed by atoms with van der Waals surface area (Å²) in [4.78, 5) is 11.4. The number of anilines is 3. The van der Waals surface area contributed by atoms with Crippen LogP contribution in [-0.4, -0.2) is 20.2 Å². The second kappa shape index (κ2) is 8.63. The van der Waals surface area contributed by atoms with Crippen LogP contribution < -0.4 is 4.90 Å². The molecule has 7 heteroatoms. The van der Waals surface area contributed by atoms with Crippen LogP contribution in [0.5, 0.6) is 0 Å². The van der Waals surface area contributed by atoms with Gasteiger partial charge in [0.2, 0.25) is 0 Å². The third kappa shape index (κ3) is 4.21. The van der Waals surface area contributed by atoms with Crippen LogP contribution in [0.15, 0.2) is 91.0 Å². The van der Waals surface area contributed by atoms with Crippen molar-refractivity contribution >= 4 is 17.3 Å². The highest BCUT2D eigenvalue weighted by atomic mass is 19.1. The number of hydrogen-bond acceptors (Lipinski definition) is 4. The van der Waals surface area contributed by atoms with E-state index in [1.54, 1.807) is 12.1 Å². The topological polar surface area (TPSA) is 57.7 Å². The number of halogens is 2. The quantitative estimate of drug-likeness (QED) is 0.336. The molecule has 3 heterocycles. The minimum atomic E-state index is -0.667. The molecular weight excluding hydrogens is 420 g/mol. The van der Waals surface area contributed by atoms with Crippen molar-refractivity contribution in [3.05, 3.63) is 108 Å². The van der Waals surface area contributed by atoms with E-state index in [1.165, 1.54) is 12.1 Å². The van der Waals surface area contributed by atoms with Crippen molar-refractivity contribution < 1.29 is 8.78 Å². The van der Waals surface area contributed by atoms with Gasteiger partial charge in [-0.05, 0) is 61.5 Å². The number of rotatable bonds is 5. The Bertz CT molecular complexity index is 1420. The molecule has 5 nitrogen and oxygen atoms in total. The van der Waals surface area contributed by atoms with E-state index in [-0.39, 0.29) is 5.56 Å². The average molecular weight is 439 g/mol. The molecule has 3 aromatic heterocycles. The fourth-order valence-corrected chi connectivity index (χ4v) is 3.59. The summed E-state index contributed by atoms with van der Waals surface area (Å²) < 4.78 is 27.9. The Labute approximate surface area is 189 Å². The van der Waals surface area contributed by atoms with Gasteiger partial charge in [0.1, 0.15) is 29.0 Å². The molecule has 2 aromatic carbocycles. The Kier molecular flexibility index (Phi) is 5.36. The van der Waals surface area contributed by atoms with Crippen molar-refractivity contribution in [2.45, 2.75) is 6.92 Å². The number of aryl methyl sites for hydroxylation is 1. The van der Waals surface area contributed by atoms with E-state index >= 15 is 0 Å². The van der Waals surface area contributed by atoms with E-state index < -0.39 is 11.6 Å². The fourth-order valence-electron chi connectivity index (χ4n) is 3.59. The van der Waals surface area contributed by atoms with Crippen molar-refractivity contribution in [2.24, 2.45) is 0 Å². The highest BCUT2D eigenvalue weighted by Crippen LogP contribution is 2.34. The number of pyridine rings is 2. The smallest absolute Gasteiger partial charge is 0.139 e. The lowest BCUT2D eigenvalue weighted by molar-refractivity contribution is 0.585. The number of aromatic nitrogens is 4. The number of aromatic amines is 1. The number of H-pyrrole nitrogens is 1. The maximum Gasteiger partial charge on any atom is 0.139 e. The Hall–Kier alpha value is -4.39. The molecule has 5 aromatic rings. The van der Waals surface area contributed by atoms with Crippen LogP contribution in [0.1, 0.15) is 5.69 Å². The van der Waals surface area contributed by atoms with Gasteiger partial charge in [-0.2, -0.15) is 5.10 Å². The average Bonchev–Trinajstić information content (AvgIpc) is 3.27. The van der Waals surface area contributed by atoms with Crippen LogP contribution >= 0.6 is 0 Å². The predicted octanol–water partition coefficient (Wildman–Crippen LogP) is 6.59. The molecule has 0 amide bonds. The molecular formula is C26H19F2N5. The zero-order valence-electron chi connectivity index (χ0n) is 17.7. The molecule has 0 spiro atoms. The molecule has 0 aliphatic heterocycles. The number of hydrogen-bond donors (Lipinski definition) is 1. The molecule has 0 unspecified atom stereocenters. The normalized spacial score (nSPS) is 10.9. The first-order valence-corrected chi connectivity index (χ1v) is 10.4. The van der Waals surface area contributed by atoms with Crippen LogP contribution in [-0.2, 0) is 0 Å². The molecule has 0 bridgehead atoms. The molecule has 5 rings (SSSR count).